The van der Waals surface area contributed by atoms with Crippen molar-refractivity contribution in [3.05, 3.63) is 46.7 Å². The molecule has 7 nitrogen and oxygen atoms in total. The summed E-state index contributed by atoms with van der Waals surface area (Å²) in [6, 6.07) is 7.14. The molecule has 2 heterocycles. The van der Waals surface area contributed by atoms with Gasteiger partial charge in [0.05, 0.1) is 32.6 Å². The lowest BCUT2D eigenvalue weighted by Gasteiger charge is -2.20. The SMILES string of the molecule is COc1ccc(C(=O)C2=Cc3c(cc4c(c3OC)OCO4)CCN2C)c(OC)c1. The maximum absolute atomic E-state index is 13.5. The number of ketones is 1. The molecule has 0 saturated heterocycles. The van der Waals surface area contributed by atoms with E-state index in [1.807, 2.05) is 24.1 Å². The Bertz CT molecular complexity index is 997. The zero-order valence-corrected chi connectivity index (χ0v) is 16.9. The molecule has 2 aliphatic heterocycles. The lowest BCUT2D eigenvalue weighted by Crippen LogP contribution is -2.25. The molecule has 0 aliphatic carbocycles. The quantitative estimate of drug-likeness (QED) is 0.718. The number of carbonyl (C=O) groups is 1. The van der Waals surface area contributed by atoms with Crippen LogP contribution >= 0.6 is 0 Å². The molecule has 0 bridgehead atoms. The van der Waals surface area contributed by atoms with Crippen molar-refractivity contribution in [3.8, 4) is 28.7 Å². The van der Waals surface area contributed by atoms with Gasteiger partial charge < -0.3 is 28.6 Å². The highest BCUT2D eigenvalue weighted by molar-refractivity contribution is 6.13. The summed E-state index contributed by atoms with van der Waals surface area (Å²) in [5.41, 5.74) is 2.89. The normalized spacial score (nSPS) is 14.6. The third-order valence-corrected chi connectivity index (χ3v) is 5.24. The Balaban J connectivity index is 1.83. The van der Waals surface area contributed by atoms with Gasteiger partial charge in [-0.2, -0.15) is 0 Å². The number of ether oxygens (including phenoxy) is 5. The molecule has 152 valence electrons. The summed E-state index contributed by atoms with van der Waals surface area (Å²) in [5.74, 6) is 2.77. The van der Waals surface area contributed by atoms with E-state index in [0.29, 0.717) is 46.6 Å². The van der Waals surface area contributed by atoms with Crippen molar-refractivity contribution in [2.45, 2.75) is 6.42 Å². The molecule has 0 aromatic heterocycles. The van der Waals surface area contributed by atoms with E-state index in [1.165, 1.54) is 7.11 Å². The number of fused-ring (bicyclic) bond motifs is 2. The third-order valence-electron chi connectivity index (χ3n) is 5.24. The number of likely N-dealkylation sites (N-methyl/N-ethyl adjacent to an activating group) is 1. The maximum atomic E-state index is 13.5. The molecule has 0 amide bonds. The van der Waals surface area contributed by atoms with Crippen LogP contribution in [0.4, 0.5) is 0 Å². The first-order valence-electron chi connectivity index (χ1n) is 9.26. The lowest BCUT2D eigenvalue weighted by molar-refractivity contribution is 0.0998. The zero-order chi connectivity index (χ0) is 20.5. The van der Waals surface area contributed by atoms with Gasteiger partial charge in [0, 0.05) is 25.2 Å². The van der Waals surface area contributed by atoms with Crippen LogP contribution in [0, 0.1) is 0 Å². The highest BCUT2D eigenvalue weighted by atomic mass is 16.7. The van der Waals surface area contributed by atoms with Crippen LogP contribution in [-0.2, 0) is 6.42 Å². The van der Waals surface area contributed by atoms with Crippen LogP contribution in [0.25, 0.3) is 6.08 Å². The number of hydrogen-bond acceptors (Lipinski definition) is 7. The summed E-state index contributed by atoms with van der Waals surface area (Å²) in [6.45, 7) is 0.832. The van der Waals surface area contributed by atoms with Crippen molar-refractivity contribution >= 4 is 11.9 Å². The molecule has 2 aromatic carbocycles. The molecule has 0 spiro atoms. The summed E-state index contributed by atoms with van der Waals surface area (Å²) in [4.78, 5) is 15.4. The van der Waals surface area contributed by atoms with Crippen LogP contribution in [-0.4, -0.2) is 52.4 Å². The Hall–Kier alpha value is -3.35. The Morgan fingerprint density at radius 3 is 2.62 bits per heavy atom. The highest BCUT2D eigenvalue weighted by Gasteiger charge is 2.29. The Morgan fingerprint density at radius 1 is 1.07 bits per heavy atom. The first-order valence-corrected chi connectivity index (χ1v) is 9.26. The fourth-order valence-corrected chi connectivity index (χ4v) is 3.66. The number of nitrogens with zero attached hydrogens (tertiary/aromatic N) is 1. The first-order chi connectivity index (χ1) is 14.1. The van der Waals surface area contributed by atoms with Crippen LogP contribution in [0.2, 0.25) is 0 Å². The average molecular weight is 397 g/mol. The lowest BCUT2D eigenvalue weighted by atomic mass is 10.00. The molecule has 0 fully saturated rings. The van der Waals surface area contributed by atoms with Crippen molar-refractivity contribution in [2.24, 2.45) is 0 Å². The van der Waals surface area contributed by atoms with E-state index >= 15 is 0 Å². The van der Waals surface area contributed by atoms with Gasteiger partial charge in [-0.05, 0) is 36.3 Å². The number of methoxy groups -OCH3 is 3. The first kappa shape index (κ1) is 19.0. The van der Waals surface area contributed by atoms with Gasteiger partial charge >= 0.3 is 0 Å². The number of Topliss-reactive ketones (excluding diaryl/α,β-unsaturated/α-hetero) is 1. The fourth-order valence-electron chi connectivity index (χ4n) is 3.66. The number of benzene rings is 2. The van der Waals surface area contributed by atoms with Gasteiger partial charge in [-0.25, -0.2) is 0 Å². The van der Waals surface area contributed by atoms with Crippen molar-refractivity contribution in [3.63, 3.8) is 0 Å². The summed E-state index contributed by atoms with van der Waals surface area (Å²) < 4.78 is 27.4. The second-order valence-corrected chi connectivity index (χ2v) is 6.81. The van der Waals surface area contributed by atoms with Crippen LogP contribution in [0.1, 0.15) is 21.5 Å². The Labute approximate surface area is 169 Å². The van der Waals surface area contributed by atoms with Gasteiger partial charge in [-0.15, -0.1) is 0 Å². The average Bonchev–Trinajstić information content (AvgIpc) is 3.15. The molecular formula is C22H23NO6. The summed E-state index contributed by atoms with van der Waals surface area (Å²) >= 11 is 0. The molecule has 0 N–H and O–H groups in total. The van der Waals surface area contributed by atoms with E-state index in [-0.39, 0.29) is 12.6 Å². The summed E-state index contributed by atoms with van der Waals surface area (Å²) in [5, 5.41) is 0. The minimum Gasteiger partial charge on any atom is -0.497 e. The van der Waals surface area contributed by atoms with Gasteiger partial charge in [-0.3, -0.25) is 4.79 Å². The van der Waals surface area contributed by atoms with E-state index in [0.717, 1.165) is 17.5 Å². The van der Waals surface area contributed by atoms with E-state index < -0.39 is 0 Å². The number of rotatable bonds is 5. The summed E-state index contributed by atoms with van der Waals surface area (Å²) in [6.07, 6.45) is 2.60. The third kappa shape index (κ3) is 3.22. The Morgan fingerprint density at radius 2 is 1.90 bits per heavy atom. The van der Waals surface area contributed by atoms with Crippen molar-refractivity contribution in [1.82, 2.24) is 4.90 Å². The Kier molecular flexibility index (Phi) is 4.96. The second kappa shape index (κ2) is 7.58. The van der Waals surface area contributed by atoms with E-state index in [1.54, 1.807) is 32.4 Å². The monoisotopic (exact) mass is 397 g/mol. The minimum absolute atomic E-state index is 0.139. The van der Waals surface area contributed by atoms with Crippen molar-refractivity contribution in [2.75, 3.05) is 41.7 Å². The highest BCUT2D eigenvalue weighted by Crippen LogP contribution is 2.46. The molecule has 2 aliphatic rings. The van der Waals surface area contributed by atoms with Crippen LogP contribution < -0.4 is 23.7 Å². The predicted octanol–water partition coefficient (Wildman–Crippen LogP) is 3.15. The van der Waals surface area contributed by atoms with Crippen molar-refractivity contribution < 1.29 is 28.5 Å². The van der Waals surface area contributed by atoms with Gasteiger partial charge in [0.2, 0.25) is 18.3 Å². The van der Waals surface area contributed by atoms with Crippen molar-refractivity contribution in [1.29, 1.82) is 0 Å². The van der Waals surface area contributed by atoms with Crippen LogP contribution in [0.3, 0.4) is 0 Å². The molecule has 0 atom stereocenters. The number of allylic oxidation sites excluding steroid dienone is 1. The standard InChI is InChI=1S/C22H23NO6/c1-23-8-7-13-9-19-22(29-12-28-19)21(27-4)16(13)11-17(23)20(24)15-6-5-14(25-2)10-18(15)26-3/h5-6,9-11H,7-8,12H2,1-4H3. The van der Waals surface area contributed by atoms with Gasteiger partial charge in [0.25, 0.3) is 0 Å². The fraction of sp³-hybridized carbons (Fsp3) is 0.318. The predicted molar refractivity (Wildman–Crippen MR) is 107 cm³/mol. The second-order valence-electron chi connectivity index (χ2n) is 6.81. The van der Waals surface area contributed by atoms with Gasteiger partial charge in [-0.1, -0.05) is 0 Å². The molecule has 0 saturated carbocycles. The zero-order valence-electron chi connectivity index (χ0n) is 16.9. The van der Waals surface area contributed by atoms with Gasteiger partial charge in [0.15, 0.2) is 11.5 Å². The molecule has 4 rings (SSSR count). The van der Waals surface area contributed by atoms with E-state index in [9.17, 15) is 4.79 Å². The topological polar surface area (TPSA) is 66.5 Å². The number of hydrogen-bond donors (Lipinski definition) is 0. The maximum Gasteiger partial charge on any atom is 0.231 e. The smallest absolute Gasteiger partial charge is 0.231 e. The van der Waals surface area contributed by atoms with Crippen LogP contribution in [0.15, 0.2) is 30.0 Å². The number of carbonyl (C=O) groups excluding carboxylic acids is 1. The molecule has 0 unspecified atom stereocenters. The molecule has 2 aromatic rings. The molecule has 7 heteroatoms. The van der Waals surface area contributed by atoms with Crippen LogP contribution in [0.5, 0.6) is 28.7 Å². The summed E-state index contributed by atoms with van der Waals surface area (Å²) in [7, 11) is 6.60. The largest absolute Gasteiger partial charge is 0.497 e. The van der Waals surface area contributed by atoms with Gasteiger partial charge in [0.1, 0.15) is 11.5 Å². The molecule has 0 radical (unpaired) electrons. The van der Waals surface area contributed by atoms with E-state index in [2.05, 4.69) is 0 Å². The minimum atomic E-state index is -0.139. The molecule has 29 heavy (non-hydrogen) atoms. The molecular weight excluding hydrogens is 374 g/mol. The van der Waals surface area contributed by atoms with E-state index in [4.69, 9.17) is 23.7 Å².